The number of para-hydroxylation sites is 1. The van der Waals surface area contributed by atoms with Crippen molar-refractivity contribution in [2.75, 3.05) is 12.3 Å². The Morgan fingerprint density at radius 2 is 1.82 bits per heavy atom. The zero-order valence-electron chi connectivity index (χ0n) is 18.5. The molecule has 4 aromatic rings. The minimum atomic E-state index is 0.00124. The summed E-state index contributed by atoms with van der Waals surface area (Å²) in [5, 5.41) is 5.75. The summed E-state index contributed by atoms with van der Waals surface area (Å²) in [6.45, 7) is 4.35. The van der Waals surface area contributed by atoms with Gasteiger partial charge in [-0.3, -0.25) is 4.79 Å². The molecule has 3 heterocycles. The zero-order chi connectivity index (χ0) is 23.2. The van der Waals surface area contributed by atoms with E-state index < -0.39 is 0 Å². The maximum atomic E-state index is 12.2. The molecule has 2 bridgehead atoms. The number of carbonyl (C=O) groups is 1. The smallest absolute Gasteiger partial charge is 0.246 e. The molecule has 0 radical (unpaired) electrons. The highest BCUT2D eigenvalue weighted by atomic mass is 16.5. The Morgan fingerprint density at radius 3 is 2.53 bits per heavy atom. The molecule has 1 saturated heterocycles. The number of piperidine rings is 1. The molecular weight excluding hydrogens is 428 g/mol. The number of benzene rings is 2. The largest absolute Gasteiger partial charge is 0.457 e. The molecule has 2 N–H and O–H groups in total. The molecule has 2 aromatic carbocycles. The number of nitrogens with zero attached hydrogens (tertiary/aromatic N) is 5. The van der Waals surface area contributed by atoms with Gasteiger partial charge in [0.1, 0.15) is 29.3 Å². The molecule has 1 amide bonds. The molecular formula is C26H24N6O2. The van der Waals surface area contributed by atoms with Crippen LogP contribution < -0.4 is 10.5 Å². The third-order valence-electron chi connectivity index (χ3n) is 6.90. The van der Waals surface area contributed by atoms with Crippen molar-refractivity contribution in [3.63, 3.8) is 0 Å². The van der Waals surface area contributed by atoms with Gasteiger partial charge in [0, 0.05) is 24.1 Å². The van der Waals surface area contributed by atoms with E-state index in [1.54, 1.807) is 0 Å². The molecule has 2 fully saturated rings. The third-order valence-corrected chi connectivity index (χ3v) is 6.90. The van der Waals surface area contributed by atoms with Crippen molar-refractivity contribution in [3.05, 3.63) is 73.6 Å². The number of anilines is 1. The number of nitrogens with two attached hydrogens (primary N) is 1. The molecule has 34 heavy (non-hydrogen) atoms. The molecule has 8 heteroatoms. The summed E-state index contributed by atoms with van der Waals surface area (Å²) in [7, 11) is 0. The molecule has 170 valence electrons. The number of carbonyl (C=O) groups excluding carboxylic acids is 1. The number of amides is 1. The van der Waals surface area contributed by atoms with Crippen molar-refractivity contribution in [2.45, 2.75) is 24.9 Å². The molecule has 0 unspecified atom stereocenters. The lowest BCUT2D eigenvalue weighted by atomic mass is 10.0. The van der Waals surface area contributed by atoms with E-state index in [9.17, 15) is 4.79 Å². The highest BCUT2D eigenvalue weighted by Crippen LogP contribution is 2.46. The fourth-order valence-corrected chi connectivity index (χ4v) is 5.35. The van der Waals surface area contributed by atoms with Gasteiger partial charge in [-0.25, -0.2) is 14.6 Å². The number of hydrogen-bond donors (Lipinski definition) is 1. The molecule has 1 saturated carbocycles. The van der Waals surface area contributed by atoms with Gasteiger partial charge >= 0.3 is 0 Å². The molecule has 6 rings (SSSR count). The Labute approximate surface area is 196 Å². The molecule has 2 aromatic heterocycles. The SMILES string of the molecule is C=CC(=O)N1C[C@@H]2C[C@H]1C[C@H]2n1nc(-c2ccc(Oc3ccccc3)cc2)c2c(N)ncnc21. The van der Waals surface area contributed by atoms with Gasteiger partial charge in [0.15, 0.2) is 5.65 Å². The molecule has 2 aliphatic rings. The second kappa shape index (κ2) is 7.98. The number of rotatable bonds is 5. The van der Waals surface area contributed by atoms with E-state index in [4.69, 9.17) is 15.6 Å². The molecule has 8 nitrogen and oxygen atoms in total. The van der Waals surface area contributed by atoms with Crippen LogP contribution in [0, 0.1) is 5.92 Å². The van der Waals surface area contributed by atoms with Crippen LogP contribution in [-0.4, -0.2) is 43.1 Å². The van der Waals surface area contributed by atoms with Crippen LogP contribution in [0.5, 0.6) is 11.5 Å². The van der Waals surface area contributed by atoms with Crippen LogP contribution in [0.15, 0.2) is 73.6 Å². The first-order chi connectivity index (χ1) is 16.6. The van der Waals surface area contributed by atoms with Crippen LogP contribution in [0.2, 0.25) is 0 Å². The van der Waals surface area contributed by atoms with E-state index in [0.717, 1.165) is 46.6 Å². The van der Waals surface area contributed by atoms with Crippen LogP contribution in [0.25, 0.3) is 22.3 Å². The van der Waals surface area contributed by atoms with Gasteiger partial charge in [0.25, 0.3) is 0 Å². The summed E-state index contributed by atoms with van der Waals surface area (Å²) in [5.41, 5.74) is 8.69. The van der Waals surface area contributed by atoms with Gasteiger partial charge in [-0.05, 0) is 55.3 Å². The summed E-state index contributed by atoms with van der Waals surface area (Å²) >= 11 is 0. The van der Waals surface area contributed by atoms with Gasteiger partial charge < -0.3 is 15.4 Å². The molecule has 1 aliphatic heterocycles. The number of likely N-dealkylation sites (tertiary alicyclic amines) is 1. The Balaban J connectivity index is 1.34. The second-order valence-corrected chi connectivity index (χ2v) is 8.84. The lowest BCUT2D eigenvalue weighted by Gasteiger charge is -2.31. The maximum Gasteiger partial charge on any atom is 0.246 e. The van der Waals surface area contributed by atoms with Crippen LogP contribution in [0.1, 0.15) is 18.9 Å². The average molecular weight is 453 g/mol. The maximum absolute atomic E-state index is 12.2. The summed E-state index contributed by atoms with van der Waals surface area (Å²) in [6, 6.07) is 17.8. The van der Waals surface area contributed by atoms with Crippen molar-refractivity contribution >= 4 is 22.8 Å². The predicted molar refractivity (Wildman–Crippen MR) is 129 cm³/mol. The number of aromatic nitrogens is 4. The molecule has 0 spiro atoms. The van der Waals surface area contributed by atoms with Gasteiger partial charge in [0.05, 0.1) is 11.4 Å². The van der Waals surface area contributed by atoms with Crippen molar-refractivity contribution in [2.24, 2.45) is 5.92 Å². The number of hydrogen-bond acceptors (Lipinski definition) is 6. The van der Waals surface area contributed by atoms with Gasteiger partial charge in [-0.2, -0.15) is 5.10 Å². The topological polar surface area (TPSA) is 99.2 Å². The van der Waals surface area contributed by atoms with Crippen LogP contribution in [-0.2, 0) is 4.79 Å². The van der Waals surface area contributed by atoms with Gasteiger partial charge in [-0.1, -0.05) is 24.8 Å². The summed E-state index contributed by atoms with van der Waals surface area (Å²) in [4.78, 5) is 22.9. The van der Waals surface area contributed by atoms with E-state index in [1.807, 2.05) is 64.2 Å². The zero-order valence-corrected chi connectivity index (χ0v) is 18.5. The second-order valence-electron chi connectivity index (χ2n) is 8.84. The van der Waals surface area contributed by atoms with E-state index in [-0.39, 0.29) is 18.0 Å². The Morgan fingerprint density at radius 1 is 1.06 bits per heavy atom. The highest BCUT2D eigenvalue weighted by molar-refractivity contribution is 5.98. The fourth-order valence-electron chi connectivity index (χ4n) is 5.35. The van der Waals surface area contributed by atoms with Crippen LogP contribution in [0.3, 0.4) is 0 Å². The summed E-state index contributed by atoms with van der Waals surface area (Å²) < 4.78 is 7.92. The minimum Gasteiger partial charge on any atom is -0.457 e. The third kappa shape index (κ3) is 3.30. The van der Waals surface area contributed by atoms with E-state index in [2.05, 4.69) is 16.5 Å². The minimum absolute atomic E-state index is 0.00124. The predicted octanol–water partition coefficient (Wildman–Crippen LogP) is 4.22. The monoisotopic (exact) mass is 452 g/mol. The van der Waals surface area contributed by atoms with Crippen LogP contribution >= 0.6 is 0 Å². The van der Waals surface area contributed by atoms with Crippen molar-refractivity contribution in [1.82, 2.24) is 24.6 Å². The Bertz CT molecular complexity index is 1380. The number of nitrogen functional groups attached to an aromatic ring is 1. The van der Waals surface area contributed by atoms with Gasteiger partial charge in [-0.15, -0.1) is 0 Å². The highest BCUT2D eigenvalue weighted by Gasteiger charge is 2.47. The van der Waals surface area contributed by atoms with Crippen molar-refractivity contribution in [3.8, 4) is 22.8 Å². The number of ether oxygens (including phenoxy) is 1. The first-order valence-corrected chi connectivity index (χ1v) is 11.4. The first-order valence-electron chi connectivity index (χ1n) is 11.4. The standard InChI is InChI=1S/C26H24N6O2/c1-2-22(33)31-14-17-12-18(31)13-21(17)32-26-23(25(27)28-15-29-26)24(30-32)16-8-10-20(11-9-16)34-19-6-4-3-5-7-19/h2-11,15,17-18,21H,1,12-14H2,(H2,27,28,29)/t17-,18-,21+/m0/s1. The van der Waals surface area contributed by atoms with Crippen molar-refractivity contribution < 1.29 is 9.53 Å². The lowest BCUT2D eigenvalue weighted by molar-refractivity contribution is -0.127. The first kappa shape index (κ1) is 20.4. The van der Waals surface area contributed by atoms with Crippen molar-refractivity contribution in [1.29, 1.82) is 0 Å². The van der Waals surface area contributed by atoms with Crippen LogP contribution in [0.4, 0.5) is 5.82 Å². The lowest BCUT2D eigenvalue weighted by Crippen LogP contribution is -2.39. The van der Waals surface area contributed by atoms with E-state index in [0.29, 0.717) is 18.3 Å². The Kier molecular flexibility index (Phi) is 4.79. The quantitative estimate of drug-likeness (QED) is 0.455. The summed E-state index contributed by atoms with van der Waals surface area (Å²) in [6.07, 6.45) is 4.69. The van der Waals surface area contributed by atoms with E-state index in [1.165, 1.54) is 12.4 Å². The molecule has 3 atom stereocenters. The fraction of sp³-hybridized carbons (Fsp3) is 0.231. The average Bonchev–Trinajstić information content (AvgIpc) is 3.58. The van der Waals surface area contributed by atoms with Gasteiger partial charge in [0.2, 0.25) is 5.91 Å². The summed E-state index contributed by atoms with van der Waals surface area (Å²) in [5.74, 6) is 2.25. The number of fused-ring (bicyclic) bond motifs is 3. The normalized spacial score (nSPS) is 21.2. The molecule has 1 aliphatic carbocycles. The Hall–Kier alpha value is -4.20. The van der Waals surface area contributed by atoms with E-state index >= 15 is 0 Å².